The first-order chi connectivity index (χ1) is 14.0. The molecule has 1 aromatic carbocycles. The summed E-state index contributed by atoms with van der Waals surface area (Å²) in [6.07, 6.45) is 2.59. The van der Waals surface area contributed by atoms with E-state index in [1.165, 1.54) is 17.4 Å². The second-order valence-electron chi connectivity index (χ2n) is 8.23. The Labute approximate surface area is 175 Å². The molecular weight excluding hydrogens is 389 g/mol. The second-order valence-corrected chi connectivity index (χ2v) is 9.09. The minimum atomic E-state index is -0.312. The van der Waals surface area contributed by atoms with Crippen LogP contribution in [0.3, 0.4) is 0 Å². The number of amides is 1. The lowest BCUT2D eigenvalue weighted by Gasteiger charge is -2.39. The van der Waals surface area contributed by atoms with Crippen LogP contribution in [0, 0.1) is 11.7 Å². The number of carbonyl (C=O) groups excluding carboxylic acids is 1. The van der Waals surface area contributed by atoms with E-state index in [0.29, 0.717) is 22.2 Å². The van der Waals surface area contributed by atoms with Crippen LogP contribution in [0.25, 0.3) is 10.6 Å². The zero-order valence-corrected chi connectivity index (χ0v) is 17.8. The average molecular weight is 418 g/mol. The Kier molecular flexibility index (Phi) is 6.27. The van der Waals surface area contributed by atoms with Gasteiger partial charge in [0.2, 0.25) is 0 Å². The maximum Gasteiger partial charge on any atom is 0.273 e. The Morgan fingerprint density at radius 2 is 1.90 bits per heavy atom. The minimum absolute atomic E-state index is 0.0455. The quantitative estimate of drug-likeness (QED) is 0.757. The molecule has 5 nitrogen and oxygen atoms in total. The van der Waals surface area contributed by atoms with E-state index in [9.17, 15) is 9.18 Å². The van der Waals surface area contributed by atoms with Crippen LogP contribution >= 0.6 is 11.3 Å². The van der Waals surface area contributed by atoms with Crippen molar-refractivity contribution in [2.75, 3.05) is 32.7 Å². The smallest absolute Gasteiger partial charge is 0.273 e. The van der Waals surface area contributed by atoms with Gasteiger partial charge in [-0.2, -0.15) is 0 Å². The Morgan fingerprint density at radius 1 is 1.21 bits per heavy atom. The van der Waals surface area contributed by atoms with Gasteiger partial charge >= 0.3 is 0 Å². The average Bonchev–Trinajstić information content (AvgIpc) is 3.17. The van der Waals surface area contributed by atoms with E-state index < -0.39 is 0 Å². The van der Waals surface area contributed by atoms with Crippen LogP contribution in [0.1, 0.15) is 37.2 Å². The van der Waals surface area contributed by atoms with Crippen molar-refractivity contribution in [1.82, 2.24) is 14.8 Å². The van der Waals surface area contributed by atoms with Gasteiger partial charge in [-0.1, -0.05) is 12.1 Å². The molecule has 3 heterocycles. The molecule has 0 radical (unpaired) electrons. The number of benzene rings is 1. The molecule has 2 aromatic rings. The number of halogens is 1. The third kappa shape index (κ3) is 4.85. The summed E-state index contributed by atoms with van der Waals surface area (Å²) in [4.78, 5) is 21.7. The number of carbonyl (C=O) groups is 1. The number of ether oxygens (including phenoxy) is 1. The van der Waals surface area contributed by atoms with Gasteiger partial charge in [-0.3, -0.25) is 9.69 Å². The molecule has 156 valence electrons. The molecule has 2 aliphatic heterocycles. The van der Waals surface area contributed by atoms with Gasteiger partial charge < -0.3 is 9.64 Å². The van der Waals surface area contributed by atoms with Crippen LogP contribution in [0.5, 0.6) is 0 Å². The van der Waals surface area contributed by atoms with Crippen LogP contribution in [-0.2, 0) is 4.74 Å². The summed E-state index contributed by atoms with van der Waals surface area (Å²) in [5, 5.41) is 2.30. The highest BCUT2D eigenvalue weighted by molar-refractivity contribution is 7.13. The van der Waals surface area contributed by atoms with E-state index in [0.717, 1.165) is 45.6 Å². The fraction of sp³-hybridized carbons (Fsp3) is 0.545. The third-order valence-corrected chi connectivity index (χ3v) is 6.62. The van der Waals surface area contributed by atoms with E-state index in [4.69, 9.17) is 4.74 Å². The van der Waals surface area contributed by atoms with Crippen molar-refractivity contribution >= 4 is 17.2 Å². The van der Waals surface area contributed by atoms with Gasteiger partial charge in [0.25, 0.3) is 5.91 Å². The van der Waals surface area contributed by atoms with E-state index in [-0.39, 0.29) is 23.9 Å². The summed E-state index contributed by atoms with van der Waals surface area (Å²) < 4.78 is 19.8. The molecule has 2 atom stereocenters. The molecule has 0 aliphatic carbocycles. The van der Waals surface area contributed by atoms with Gasteiger partial charge in [0, 0.05) is 43.7 Å². The fourth-order valence-corrected chi connectivity index (χ4v) is 5.23. The SMILES string of the molecule is CC1CN(CC2CCN(C(=O)c3csc(-c4ccccc4F)n3)CC2)CC(C)O1. The zero-order chi connectivity index (χ0) is 20.4. The third-order valence-electron chi connectivity index (χ3n) is 5.74. The summed E-state index contributed by atoms with van der Waals surface area (Å²) in [6.45, 7) is 8.83. The van der Waals surface area contributed by atoms with Gasteiger partial charge in [0.1, 0.15) is 16.5 Å². The highest BCUT2D eigenvalue weighted by Crippen LogP contribution is 2.27. The number of piperidine rings is 1. The van der Waals surface area contributed by atoms with Crippen LogP contribution in [0.2, 0.25) is 0 Å². The predicted octanol–water partition coefficient (Wildman–Crippen LogP) is 3.91. The number of hydrogen-bond acceptors (Lipinski definition) is 5. The summed E-state index contributed by atoms with van der Waals surface area (Å²) in [7, 11) is 0. The fourth-order valence-electron chi connectivity index (χ4n) is 4.41. The molecular formula is C22H28FN3O2S. The molecule has 2 fully saturated rings. The predicted molar refractivity (Wildman–Crippen MR) is 113 cm³/mol. The first-order valence-corrected chi connectivity index (χ1v) is 11.2. The van der Waals surface area contributed by atoms with Crippen molar-refractivity contribution in [2.24, 2.45) is 5.92 Å². The highest BCUT2D eigenvalue weighted by atomic mass is 32.1. The van der Waals surface area contributed by atoms with Crippen molar-refractivity contribution in [3.8, 4) is 10.6 Å². The van der Waals surface area contributed by atoms with Crippen molar-refractivity contribution in [1.29, 1.82) is 0 Å². The van der Waals surface area contributed by atoms with Gasteiger partial charge in [0.15, 0.2) is 0 Å². The van der Waals surface area contributed by atoms with E-state index in [1.807, 2.05) is 4.90 Å². The number of thiazole rings is 1. The molecule has 2 saturated heterocycles. The standard InChI is InChI=1S/C22H28FN3O2S/c1-15-11-25(12-16(2)28-15)13-17-7-9-26(10-8-17)22(27)20-14-29-21(24-20)18-5-3-4-6-19(18)23/h3-6,14-17H,7-13H2,1-2H3. The number of likely N-dealkylation sites (tertiary alicyclic amines) is 1. The molecule has 2 aliphatic rings. The lowest BCUT2D eigenvalue weighted by Crippen LogP contribution is -2.48. The Hall–Kier alpha value is -1.83. The first kappa shape index (κ1) is 20.4. The monoisotopic (exact) mass is 417 g/mol. The van der Waals surface area contributed by atoms with Gasteiger partial charge in [-0.05, 0) is 44.7 Å². The summed E-state index contributed by atoms with van der Waals surface area (Å²) in [5.74, 6) is 0.255. The molecule has 1 amide bonds. The summed E-state index contributed by atoms with van der Waals surface area (Å²) in [6, 6.07) is 6.54. The molecule has 0 N–H and O–H groups in total. The first-order valence-electron chi connectivity index (χ1n) is 10.4. The zero-order valence-electron chi connectivity index (χ0n) is 17.0. The van der Waals surface area contributed by atoms with Gasteiger partial charge in [-0.25, -0.2) is 9.37 Å². The molecule has 29 heavy (non-hydrogen) atoms. The molecule has 7 heteroatoms. The Bertz CT molecular complexity index is 840. The van der Waals surface area contributed by atoms with E-state index in [1.54, 1.807) is 23.6 Å². The number of nitrogens with zero attached hydrogens (tertiary/aromatic N) is 3. The molecule has 0 spiro atoms. The largest absolute Gasteiger partial charge is 0.373 e. The lowest BCUT2D eigenvalue weighted by molar-refractivity contribution is -0.0728. The summed E-state index contributed by atoms with van der Waals surface area (Å²) in [5.41, 5.74) is 0.867. The van der Waals surface area contributed by atoms with E-state index >= 15 is 0 Å². The number of aromatic nitrogens is 1. The maximum absolute atomic E-state index is 14.0. The molecule has 4 rings (SSSR count). The second kappa shape index (κ2) is 8.90. The van der Waals surface area contributed by atoms with Crippen molar-refractivity contribution in [3.05, 3.63) is 41.2 Å². The number of morpholine rings is 1. The van der Waals surface area contributed by atoms with Crippen LogP contribution in [0.4, 0.5) is 4.39 Å². The summed E-state index contributed by atoms with van der Waals surface area (Å²) >= 11 is 1.32. The normalized spacial score (nSPS) is 24.0. The number of hydrogen-bond donors (Lipinski definition) is 0. The van der Waals surface area contributed by atoms with E-state index in [2.05, 4.69) is 23.7 Å². The minimum Gasteiger partial charge on any atom is -0.373 e. The molecule has 0 saturated carbocycles. The van der Waals surface area contributed by atoms with Gasteiger partial charge in [0.05, 0.1) is 12.2 Å². The molecule has 2 unspecified atom stereocenters. The van der Waals surface area contributed by atoms with Crippen LogP contribution in [0.15, 0.2) is 29.6 Å². The van der Waals surface area contributed by atoms with Crippen molar-refractivity contribution in [2.45, 2.75) is 38.9 Å². The van der Waals surface area contributed by atoms with Crippen molar-refractivity contribution < 1.29 is 13.9 Å². The van der Waals surface area contributed by atoms with Gasteiger partial charge in [-0.15, -0.1) is 11.3 Å². The lowest BCUT2D eigenvalue weighted by atomic mass is 9.95. The van der Waals surface area contributed by atoms with Crippen LogP contribution in [-0.4, -0.2) is 65.6 Å². The molecule has 0 bridgehead atoms. The number of rotatable bonds is 4. The Balaban J connectivity index is 1.32. The maximum atomic E-state index is 14.0. The highest BCUT2D eigenvalue weighted by Gasteiger charge is 2.29. The van der Waals surface area contributed by atoms with Crippen LogP contribution < -0.4 is 0 Å². The van der Waals surface area contributed by atoms with Crippen molar-refractivity contribution in [3.63, 3.8) is 0 Å². The molecule has 1 aromatic heterocycles. The topological polar surface area (TPSA) is 45.7 Å². The Morgan fingerprint density at radius 3 is 2.59 bits per heavy atom.